The van der Waals surface area contributed by atoms with Crippen molar-refractivity contribution in [2.24, 2.45) is 5.22 Å². The average molecular weight is 406 g/mol. The van der Waals surface area contributed by atoms with Crippen LogP contribution in [0.1, 0.15) is 18.2 Å². The monoisotopic (exact) mass is 406 g/mol. The molecule has 0 unspecified atom stereocenters. The lowest BCUT2D eigenvalue weighted by Crippen LogP contribution is -2.33. The van der Waals surface area contributed by atoms with Gasteiger partial charge in [0.25, 0.3) is 11.2 Å². The van der Waals surface area contributed by atoms with Gasteiger partial charge >= 0.3 is 5.69 Å². The Labute approximate surface area is 162 Å². The number of nitro benzene ring substituents is 1. The molecule has 0 radical (unpaired) electrons. The molecule has 1 saturated heterocycles. The number of anilines is 1. The first kappa shape index (κ1) is 20.2. The summed E-state index contributed by atoms with van der Waals surface area (Å²) in [7, 11) is 0. The first-order chi connectivity index (χ1) is 13.8. The van der Waals surface area contributed by atoms with E-state index in [0.29, 0.717) is 16.1 Å². The Morgan fingerprint density at radius 3 is 2.66 bits per heavy atom. The van der Waals surface area contributed by atoms with Crippen molar-refractivity contribution in [2.75, 3.05) is 12.0 Å². The third kappa shape index (κ3) is 4.30. The third-order valence-corrected chi connectivity index (χ3v) is 4.48. The number of aliphatic hydroxyl groups excluding tert-OH is 1. The average Bonchev–Trinajstić information content (AvgIpc) is 3.13. The summed E-state index contributed by atoms with van der Waals surface area (Å²) in [5, 5.41) is 36.2. The normalized spacial score (nSPS) is 21.9. The molecule has 1 fully saturated rings. The highest BCUT2D eigenvalue weighted by molar-refractivity contribution is 5.47. The van der Waals surface area contributed by atoms with Crippen LogP contribution >= 0.6 is 0 Å². The predicted molar refractivity (Wildman–Crippen MR) is 98.2 cm³/mol. The zero-order valence-corrected chi connectivity index (χ0v) is 15.2. The lowest BCUT2D eigenvalue weighted by Gasteiger charge is -2.17. The van der Waals surface area contributed by atoms with E-state index >= 15 is 0 Å². The summed E-state index contributed by atoms with van der Waals surface area (Å²) in [4.78, 5) is 36.1. The van der Waals surface area contributed by atoms with Crippen LogP contribution in [-0.4, -0.2) is 43.2 Å². The molecule has 29 heavy (non-hydrogen) atoms. The molecule has 3 N–H and O–H groups in total. The van der Waals surface area contributed by atoms with E-state index in [2.05, 4.69) is 15.6 Å². The van der Waals surface area contributed by atoms with Crippen molar-refractivity contribution in [1.29, 1.82) is 0 Å². The molecule has 1 aromatic heterocycles. The van der Waals surface area contributed by atoms with E-state index in [-0.39, 0.29) is 12.1 Å². The molecule has 1 aliphatic heterocycles. The first-order valence-electron chi connectivity index (χ1n) is 8.56. The molecule has 0 saturated carbocycles. The fourth-order valence-corrected chi connectivity index (χ4v) is 2.92. The summed E-state index contributed by atoms with van der Waals surface area (Å²) in [6.45, 7) is 1.04. The Bertz CT molecular complexity index is 1040. The van der Waals surface area contributed by atoms with Crippen LogP contribution in [0, 0.1) is 22.2 Å². The molecule has 0 bridgehead atoms. The van der Waals surface area contributed by atoms with Gasteiger partial charge in [-0.25, -0.2) is 4.79 Å². The van der Waals surface area contributed by atoms with Crippen molar-refractivity contribution >= 4 is 11.4 Å². The summed E-state index contributed by atoms with van der Waals surface area (Å²) in [5.74, 6) is 0. The molecule has 0 amide bonds. The van der Waals surface area contributed by atoms with Crippen molar-refractivity contribution in [3.8, 4) is 0 Å². The van der Waals surface area contributed by atoms with Gasteiger partial charge in [-0.15, -0.1) is 5.43 Å². The molecule has 0 aliphatic carbocycles. The van der Waals surface area contributed by atoms with E-state index in [1.54, 1.807) is 0 Å². The summed E-state index contributed by atoms with van der Waals surface area (Å²) in [5.41, 5.74) is 1.79. The van der Waals surface area contributed by atoms with E-state index in [1.807, 2.05) is 0 Å². The summed E-state index contributed by atoms with van der Waals surface area (Å²) in [6, 6.07) is 4.37. The maximum absolute atomic E-state index is 12.4. The lowest BCUT2D eigenvalue weighted by atomic mass is 10.1. The fourth-order valence-electron chi connectivity index (χ4n) is 2.92. The number of nitrogens with zero attached hydrogens (tertiary/aromatic N) is 4. The van der Waals surface area contributed by atoms with E-state index in [1.165, 1.54) is 37.4 Å². The van der Waals surface area contributed by atoms with Crippen LogP contribution in [0.25, 0.3) is 0 Å². The standard InChI is InChI=1S/C16H18N6O7/c1-9-7-20(16(25)17-15(9)24)14-6-12(13(8-23)29-14)21(26)19-18-10-2-4-11(5-3-10)22(27)28/h2-5,7,12-14,18,23H,6,8H2,1H3,(H,17,24,25)/b21-19-/t12-,13+,14+/m0/s1. The number of aromatic nitrogens is 2. The van der Waals surface area contributed by atoms with Crippen LogP contribution in [0.4, 0.5) is 11.4 Å². The summed E-state index contributed by atoms with van der Waals surface area (Å²) in [6.07, 6.45) is -0.430. The highest BCUT2D eigenvalue weighted by Gasteiger charge is 2.40. The molecule has 13 heteroatoms. The molecule has 1 aliphatic rings. The smallest absolute Gasteiger partial charge is 0.330 e. The van der Waals surface area contributed by atoms with E-state index in [4.69, 9.17) is 4.74 Å². The number of hydroxylamine groups is 1. The van der Waals surface area contributed by atoms with Gasteiger partial charge in [0.1, 0.15) is 18.0 Å². The molecule has 2 heterocycles. The number of benzene rings is 1. The minimum atomic E-state index is -0.918. The van der Waals surface area contributed by atoms with Crippen LogP contribution in [0.15, 0.2) is 45.3 Å². The molecule has 13 nitrogen and oxygen atoms in total. The second-order valence-corrected chi connectivity index (χ2v) is 6.41. The number of nitro groups is 1. The summed E-state index contributed by atoms with van der Waals surface area (Å²) < 4.78 is 6.74. The number of ether oxygens (including phenoxy) is 1. The Kier molecular flexibility index (Phi) is 5.70. The van der Waals surface area contributed by atoms with Gasteiger partial charge in [0, 0.05) is 30.3 Å². The fraction of sp³-hybridized carbons (Fsp3) is 0.375. The van der Waals surface area contributed by atoms with Gasteiger partial charge in [-0.05, 0) is 19.1 Å². The van der Waals surface area contributed by atoms with Crippen molar-refractivity contribution in [1.82, 2.24) is 9.55 Å². The Morgan fingerprint density at radius 2 is 2.03 bits per heavy atom. The largest absolute Gasteiger partial charge is 0.696 e. The predicted octanol–water partition coefficient (Wildman–Crippen LogP) is 0.391. The summed E-state index contributed by atoms with van der Waals surface area (Å²) >= 11 is 0. The maximum Gasteiger partial charge on any atom is 0.330 e. The minimum Gasteiger partial charge on any atom is -0.696 e. The Balaban J connectivity index is 1.76. The highest BCUT2D eigenvalue weighted by atomic mass is 16.6. The van der Waals surface area contributed by atoms with E-state index in [9.17, 15) is 30.0 Å². The van der Waals surface area contributed by atoms with Crippen molar-refractivity contribution < 1.29 is 19.6 Å². The van der Waals surface area contributed by atoms with Gasteiger partial charge in [0.05, 0.1) is 16.8 Å². The van der Waals surface area contributed by atoms with Gasteiger partial charge < -0.3 is 15.1 Å². The second kappa shape index (κ2) is 8.20. The molecule has 0 spiro atoms. The minimum absolute atomic E-state index is 0.0333. The molecular weight excluding hydrogens is 388 g/mol. The Morgan fingerprint density at radius 1 is 1.34 bits per heavy atom. The number of aliphatic hydroxyl groups is 1. The quantitative estimate of drug-likeness (QED) is 0.267. The third-order valence-electron chi connectivity index (χ3n) is 4.48. The first-order valence-corrected chi connectivity index (χ1v) is 8.56. The van der Waals surface area contributed by atoms with E-state index < -0.39 is 41.2 Å². The molecule has 3 rings (SSSR count). The topological polar surface area (TPSA) is 178 Å². The molecule has 154 valence electrons. The molecular formula is C16H18N6O7. The van der Waals surface area contributed by atoms with Crippen molar-refractivity contribution in [3.63, 3.8) is 0 Å². The highest BCUT2D eigenvalue weighted by Crippen LogP contribution is 2.29. The number of hydrogen-bond acceptors (Lipinski definition) is 8. The van der Waals surface area contributed by atoms with Crippen LogP contribution in [0.3, 0.4) is 0 Å². The van der Waals surface area contributed by atoms with Gasteiger partial charge in [-0.1, -0.05) is 0 Å². The van der Waals surface area contributed by atoms with Gasteiger partial charge in [-0.2, -0.15) is 4.86 Å². The number of nitrogens with one attached hydrogen (secondary N) is 2. The molecule has 2 aromatic rings. The Hall–Kier alpha value is -3.58. The number of non-ortho nitro benzene ring substituents is 1. The number of rotatable bonds is 6. The second-order valence-electron chi connectivity index (χ2n) is 6.41. The van der Waals surface area contributed by atoms with Crippen LogP contribution < -0.4 is 16.7 Å². The van der Waals surface area contributed by atoms with Gasteiger partial charge in [0.2, 0.25) is 0 Å². The maximum atomic E-state index is 12.4. The number of H-pyrrole nitrogens is 1. The molecule has 1 aromatic carbocycles. The van der Waals surface area contributed by atoms with Crippen molar-refractivity contribution in [2.45, 2.75) is 31.7 Å². The zero-order valence-electron chi connectivity index (χ0n) is 15.2. The van der Waals surface area contributed by atoms with Gasteiger partial charge in [0.15, 0.2) is 6.04 Å². The zero-order chi connectivity index (χ0) is 21.1. The van der Waals surface area contributed by atoms with Crippen LogP contribution in [-0.2, 0) is 4.74 Å². The van der Waals surface area contributed by atoms with Crippen LogP contribution in [0.5, 0.6) is 0 Å². The van der Waals surface area contributed by atoms with Crippen molar-refractivity contribution in [3.05, 3.63) is 72.2 Å². The van der Waals surface area contributed by atoms with Crippen LogP contribution in [0.2, 0.25) is 0 Å². The lowest BCUT2D eigenvalue weighted by molar-refractivity contribution is -0.571. The number of hydrogen-bond donors (Lipinski definition) is 3. The molecule has 3 atom stereocenters. The number of aromatic amines is 1. The van der Waals surface area contributed by atoms with E-state index in [0.717, 1.165) is 4.57 Å². The SMILES string of the molecule is Cc1cn([C@H]2C[C@H](/[N+]([O-])=N/Nc3ccc([N+](=O)[O-])cc3)[C@@H](CO)O2)c(=O)[nH]c1=O. The van der Waals surface area contributed by atoms with Gasteiger partial charge in [-0.3, -0.25) is 24.5 Å². The number of aryl methyl sites for hydroxylation is 1.